The van der Waals surface area contributed by atoms with E-state index in [1.54, 1.807) is 6.26 Å². The van der Waals surface area contributed by atoms with E-state index in [1.807, 2.05) is 18.2 Å². The zero-order valence-corrected chi connectivity index (χ0v) is 7.94. The highest BCUT2D eigenvalue weighted by Gasteiger charge is 2.00. The highest BCUT2D eigenvalue weighted by Crippen LogP contribution is 2.21. The van der Waals surface area contributed by atoms with Crippen LogP contribution in [-0.2, 0) is 0 Å². The Morgan fingerprint density at radius 3 is 3.00 bits per heavy atom. The van der Waals surface area contributed by atoms with Crippen molar-refractivity contribution in [3.8, 4) is 0 Å². The number of benzene rings is 1. The minimum Gasteiger partial charge on any atom is -0.464 e. The topological polar surface area (TPSA) is 39.2 Å². The van der Waals surface area contributed by atoms with E-state index >= 15 is 0 Å². The van der Waals surface area contributed by atoms with Crippen LogP contribution in [0.2, 0.25) is 0 Å². The maximum Gasteiger partial charge on any atom is 0.134 e. The van der Waals surface area contributed by atoms with Crippen molar-refractivity contribution in [1.29, 1.82) is 0 Å². The Morgan fingerprint density at radius 1 is 1.29 bits per heavy atom. The first kappa shape index (κ1) is 9.03. The summed E-state index contributed by atoms with van der Waals surface area (Å²) in [6, 6.07) is 8.01. The summed E-state index contributed by atoms with van der Waals surface area (Å²) >= 11 is 0. The van der Waals surface area contributed by atoms with Crippen molar-refractivity contribution in [3.05, 3.63) is 42.2 Å². The molecule has 2 heteroatoms. The zero-order valence-electron chi connectivity index (χ0n) is 7.94. The minimum atomic E-state index is 0.687. The molecule has 0 saturated carbocycles. The van der Waals surface area contributed by atoms with E-state index in [9.17, 15) is 0 Å². The lowest BCUT2D eigenvalue weighted by atomic mass is 10.1. The fourth-order valence-electron chi connectivity index (χ4n) is 1.43. The predicted molar refractivity (Wildman–Crippen MR) is 58.9 cm³/mol. The monoisotopic (exact) mass is 187 g/mol. The van der Waals surface area contributed by atoms with Crippen LogP contribution in [-0.4, -0.2) is 6.54 Å². The first-order valence-corrected chi connectivity index (χ1v) is 4.74. The largest absolute Gasteiger partial charge is 0.464 e. The van der Waals surface area contributed by atoms with Crippen LogP contribution in [0.15, 0.2) is 41.0 Å². The second-order valence-electron chi connectivity index (χ2n) is 3.17. The predicted octanol–water partition coefficient (Wildman–Crippen LogP) is 2.79. The second-order valence-corrected chi connectivity index (χ2v) is 3.17. The molecule has 0 bridgehead atoms. The highest BCUT2D eigenvalue weighted by molar-refractivity contribution is 5.86. The Balaban J connectivity index is 2.34. The van der Waals surface area contributed by atoms with Gasteiger partial charge in [0.05, 0.1) is 6.26 Å². The van der Waals surface area contributed by atoms with Crippen LogP contribution < -0.4 is 5.73 Å². The van der Waals surface area contributed by atoms with Crippen molar-refractivity contribution in [2.75, 3.05) is 6.54 Å². The molecular formula is C12H13NO. The van der Waals surface area contributed by atoms with Gasteiger partial charge < -0.3 is 10.2 Å². The highest BCUT2D eigenvalue weighted by atomic mass is 16.3. The average molecular weight is 187 g/mol. The van der Waals surface area contributed by atoms with E-state index in [-0.39, 0.29) is 0 Å². The third-order valence-electron chi connectivity index (χ3n) is 2.14. The van der Waals surface area contributed by atoms with Gasteiger partial charge in [0.2, 0.25) is 0 Å². The minimum absolute atomic E-state index is 0.687. The molecule has 1 aromatic carbocycles. The molecule has 14 heavy (non-hydrogen) atoms. The summed E-state index contributed by atoms with van der Waals surface area (Å²) in [6.45, 7) is 0.687. The van der Waals surface area contributed by atoms with Gasteiger partial charge in [0, 0.05) is 10.9 Å². The Morgan fingerprint density at radius 2 is 2.14 bits per heavy atom. The number of para-hydroxylation sites is 1. The van der Waals surface area contributed by atoms with Crippen LogP contribution >= 0.6 is 0 Å². The first-order chi connectivity index (χ1) is 6.92. The standard InChI is InChI=1S/C12H13NO/c13-8-4-3-5-10-9-14-12-7-2-1-6-11(10)12/h1-3,5-7,9H,4,8,13H2. The van der Waals surface area contributed by atoms with Gasteiger partial charge >= 0.3 is 0 Å². The third kappa shape index (κ3) is 1.70. The van der Waals surface area contributed by atoms with Crippen LogP contribution in [0.25, 0.3) is 17.0 Å². The van der Waals surface area contributed by atoms with Gasteiger partial charge in [-0.05, 0) is 19.0 Å². The van der Waals surface area contributed by atoms with Gasteiger partial charge in [-0.3, -0.25) is 0 Å². The summed E-state index contributed by atoms with van der Waals surface area (Å²) < 4.78 is 5.40. The molecule has 0 aliphatic heterocycles. The van der Waals surface area contributed by atoms with Gasteiger partial charge in [-0.2, -0.15) is 0 Å². The molecule has 0 amide bonds. The van der Waals surface area contributed by atoms with Crippen molar-refractivity contribution in [1.82, 2.24) is 0 Å². The van der Waals surface area contributed by atoms with E-state index in [4.69, 9.17) is 10.2 Å². The molecule has 0 radical (unpaired) electrons. The third-order valence-corrected chi connectivity index (χ3v) is 2.14. The summed E-state index contributed by atoms with van der Waals surface area (Å²) in [5.41, 5.74) is 7.46. The molecule has 0 unspecified atom stereocenters. The molecule has 0 aliphatic carbocycles. The molecule has 1 aromatic heterocycles. The zero-order chi connectivity index (χ0) is 9.80. The number of furan rings is 1. The van der Waals surface area contributed by atoms with Crippen LogP contribution in [0.1, 0.15) is 12.0 Å². The molecule has 0 saturated heterocycles. The molecule has 0 atom stereocenters. The van der Waals surface area contributed by atoms with E-state index in [2.05, 4.69) is 18.2 Å². The smallest absolute Gasteiger partial charge is 0.134 e. The van der Waals surface area contributed by atoms with Crippen LogP contribution in [0.5, 0.6) is 0 Å². The van der Waals surface area contributed by atoms with Gasteiger partial charge in [0.25, 0.3) is 0 Å². The SMILES string of the molecule is NCCC=Cc1coc2ccccc12. The normalized spacial score (nSPS) is 11.5. The van der Waals surface area contributed by atoms with Gasteiger partial charge in [-0.1, -0.05) is 30.4 Å². The molecule has 0 fully saturated rings. The second kappa shape index (κ2) is 4.11. The van der Waals surface area contributed by atoms with Crippen molar-refractivity contribution < 1.29 is 4.42 Å². The Labute approximate surface area is 83.0 Å². The van der Waals surface area contributed by atoms with Crippen molar-refractivity contribution in [3.63, 3.8) is 0 Å². The summed E-state index contributed by atoms with van der Waals surface area (Å²) in [5, 5.41) is 1.15. The molecule has 2 aromatic rings. The summed E-state index contributed by atoms with van der Waals surface area (Å²) in [7, 11) is 0. The molecule has 2 rings (SSSR count). The van der Waals surface area contributed by atoms with E-state index in [0.29, 0.717) is 6.54 Å². The molecule has 0 spiro atoms. The van der Waals surface area contributed by atoms with Crippen molar-refractivity contribution in [2.24, 2.45) is 5.73 Å². The average Bonchev–Trinajstić information content (AvgIpc) is 2.63. The first-order valence-electron chi connectivity index (χ1n) is 4.74. The summed E-state index contributed by atoms with van der Waals surface area (Å²) in [5.74, 6) is 0. The molecule has 1 heterocycles. The van der Waals surface area contributed by atoms with E-state index in [1.165, 1.54) is 0 Å². The molecule has 72 valence electrons. The number of hydrogen-bond acceptors (Lipinski definition) is 2. The van der Waals surface area contributed by atoms with E-state index in [0.717, 1.165) is 23.0 Å². The lowest BCUT2D eigenvalue weighted by molar-refractivity contribution is 0.615. The summed E-state index contributed by atoms with van der Waals surface area (Å²) in [4.78, 5) is 0. The van der Waals surface area contributed by atoms with Gasteiger partial charge in [-0.15, -0.1) is 0 Å². The van der Waals surface area contributed by atoms with Crippen molar-refractivity contribution >= 4 is 17.0 Å². The van der Waals surface area contributed by atoms with Crippen molar-refractivity contribution in [2.45, 2.75) is 6.42 Å². The fraction of sp³-hybridized carbons (Fsp3) is 0.167. The molecular weight excluding hydrogens is 174 g/mol. The number of hydrogen-bond donors (Lipinski definition) is 1. The lowest BCUT2D eigenvalue weighted by Crippen LogP contribution is -1.94. The maximum absolute atomic E-state index is 5.41. The van der Waals surface area contributed by atoms with Crippen LogP contribution in [0.4, 0.5) is 0 Å². The maximum atomic E-state index is 5.41. The molecule has 0 aliphatic rings. The Hall–Kier alpha value is -1.54. The van der Waals surface area contributed by atoms with Gasteiger partial charge in [0.1, 0.15) is 5.58 Å². The van der Waals surface area contributed by atoms with Crippen LogP contribution in [0, 0.1) is 0 Å². The van der Waals surface area contributed by atoms with E-state index < -0.39 is 0 Å². The Kier molecular flexibility index (Phi) is 2.65. The summed E-state index contributed by atoms with van der Waals surface area (Å²) in [6.07, 6.45) is 6.80. The Bertz CT molecular complexity index is 442. The lowest BCUT2D eigenvalue weighted by Gasteiger charge is -1.88. The number of nitrogens with two attached hydrogens (primary N) is 1. The quantitative estimate of drug-likeness (QED) is 0.802. The molecule has 2 N–H and O–H groups in total. The number of rotatable bonds is 3. The van der Waals surface area contributed by atoms with Gasteiger partial charge in [0.15, 0.2) is 0 Å². The van der Waals surface area contributed by atoms with Crippen LogP contribution in [0.3, 0.4) is 0 Å². The molecule has 2 nitrogen and oxygen atoms in total. The number of fused-ring (bicyclic) bond motifs is 1. The van der Waals surface area contributed by atoms with Gasteiger partial charge in [-0.25, -0.2) is 0 Å². The fourth-order valence-corrected chi connectivity index (χ4v) is 1.43.